The first-order valence-electron chi connectivity index (χ1n) is 8.67. The van der Waals surface area contributed by atoms with E-state index < -0.39 is 0 Å². The van der Waals surface area contributed by atoms with Gasteiger partial charge in [0.25, 0.3) is 0 Å². The normalized spacial score (nSPS) is 10.6. The molecule has 0 saturated carbocycles. The van der Waals surface area contributed by atoms with Crippen LogP contribution in [0, 0.1) is 0 Å². The van der Waals surface area contributed by atoms with E-state index in [4.69, 9.17) is 4.74 Å². The van der Waals surface area contributed by atoms with E-state index in [2.05, 4.69) is 25.6 Å². The van der Waals surface area contributed by atoms with Gasteiger partial charge in [0, 0.05) is 13.1 Å². The lowest BCUT2D eigenvalue weighted by atomic mass is 10.2. The summed E-state index contributed by atoms with van der Waals surface area (Å²) in [6.07, 6.45) is -0.0126. The zero-order valence-corrected chi connectivity index (χ0v) is 15.0. The molecule has 0 aliphatic carbocycles. The van der Waals surface area contributed by atoms with Gasteiger partial charge in [-0.2, -0.15) is 15.0 Å². The maximum atomic E-state index is 5.66. The molecule has 0 radical (unpaired) electrons. The second-order valence-electron chi connectivity index (χ2n) is 6.11. The predicted molar refractivity (Wildman–Crippen MR) is 103 cm³/mol. The Morgan fingerprint density at radius 2 is 1.19 bits per heavy atom. The minimum absolute atomic E-state index is 0.0126. The molecule has 0 spiro atoms. The van der Waals surface area contributed by atoms with Crippen molar-refractivity contribution in [1.82, 2.24) is 15.0 Å². The Morgan fingerprint density at radius 1 is 0.731 bits per heavy atom. The van der Waals surface area contributed by atoms with Gasteiger partial charge in [-0.05, 0) is 25.0 Å². The first-order valence-corrected chi connectivity index (χ1v) is 8.67. The van der Waals surface area contributed by atoms with Crippen LogP contribution in [0.2, 0.25) is 0 Å². The summed E-state index contributed by atoms with van der Waals surface area (Å²) in [6.45, 7) is 5.14. The molecular weight excluding hydrogens is 326 g/mol. The lowest BCUT2D eigenvalue weighted by molar-refractivity contribution is 0.222. The van der Waals surface area contributed by atoms with Gasteiger partial charge in [0.2, 0.25) is 11.9 Å². The number of rotatable bonds is 8. The molecule has 26 heavy (non-hydrogen) atoms. The molecule has 0 amide bonds. The van der Waals surface area contributed by atoms with Gasteiger partial charge < -0.3 is 15.4 Å². The van der Waals surface area contributed by atoms with Gasteiger partial charge in [-0.25, -0.2) is 0 Å². The molecule has 0 atom stereocenters. The second kappa shape index (κ2) is 8.80. The minimum Gasteiger partial charge on any atom is -0.461 e. The first-order chi connectivity index (χ1) is 12.7. The molecule has 0 saturated heterocycles. The van der Waals surface area contributed by atoms with Crippen molar-refractivity contribution in [3.8, 4) is 6.01 Å². The van der Waals surface area contributed by atoms with Crippen molar-refractivity contribution < 1.29 is 4.74 Å². The molecule has 1 aromatic heterocycles. The van der Waals surface area contributed by atoms with Gasteiger partial charge >= 0.3 is 6.01 Å². The van der Waals surface area contributed by atoms with E-state index in [9.17, 15) is 0 Å². The first kappa shape index (κ1) is 17.7. The fraction of sp³-hybridized carbons (Fsp3) is 0.250. The van der Waals surface area contributed by atoms with Crippen LogP contribution in [0.5, 0.6) is 6.01 Å². The largest absolute Gasteiger partial charge is 0.461 e. The summed E-state index contributed by atoms with van der Waals surface area (Å²) < 4.78 is 5.66. The van der Waals surface area contributed by atoms with Crippen molar-refractivity contribution in [2.24, 2.45) is 0 Å². The molecule has 6 nitrogen and oxygen atoms in total. The summed E-state index contributed by atoms with van der Waals surface area (Å²) in [6, 6.07) is 20.5. The monoisotopic (exact) mass is 349 g/mol. The van der Waals surface area contributed by atoms with Gasteiger partial charge in [0.05, 0.1) is 6.10 Å². The summed E-state index contributed by atoms with van der Waals surface area (Å²) in [5, 5.41) is 6.46. The molecule has 0 unspecified atom stereocenters. The Morgan fingerprint density at radius 3 is 1.62 bits per heavy atom. The lowest BCUT2D eigenvalue weighted by Crippen LogP contribution is -2.14. The average molecular weight is 349 g/mol. The van der Waals surface area contributed by atoms with Crippen molar-refractivity contribution in [2.45, 2.75) is 33.0 Å². The van der Waals surface area contributed by atoms with Gasteiger partial charge in [-0.1, -0.05) is 60.7 Å². The van der Waals surface area contributed by atoms with Crippen LogP contribution in [-0.4, -0.2) is 21.1 Å². The van der Waals surface area contributed by atoms with E-state index in [1.807, 2.05) is 74.5 Å². The number of nitrogens with zero attached hydrogens (tertiary/aromatic N) is 3. The van der Waals surface area contributed by atoms with Crippen LogP contribution in [0.4, 0.5) is 11.9 Å². The highest BCUT2D eigenvalue weighted by Crippen LogP contribution is 2.14. The summed E-state index contributed by atoms with van der Waals surface area (Å²) in [5.41, 5.74) is 2.30. The van der Waals surface area contributed by atoms with E-state index in [0.29, 0.717) is 31.0 Å². The van der Waals surface area contributed by atoms with E-state index in [-0.39, 0.29) is 6.10 Å². The summed E-state index contributed by atoms with van der Waals surface area (Å²) >= 11 is 0. The van der Waals surface area contributed by atoms with E-state index >= 15 is 0 Å². The van der Waals surface area contributed by atoms with Gasteiger partial charge in [0.15, 0.2) is 0 Å². The Balaban J connectivity index is 1.72. The van der Waals surface area contributed by atoms with Crippen molar-refractivity contribution in [1.29, 1.82) is 0 Å². The SMILES string of the molecule is CC(C)Oc1nc(NCc2ccccc2)nc(NCc2ccccc2)n1. The molecule has 2 aromatic carbocycles. The van der Waals surface area contributed by atoms with Crippen LogP contribution in [0.1, 0.15) is 25.0 Å². The Hall–Kier alpha value is -3.15. The average Bonchev–Trinajstić information content (AvgIpc) is 2.66. The number of benzene rings is 2. The second-order valence-corrected chi connectivity index (χ2v) is 6.11. The molecule has 0 bridgehead atoms. The third kappa shape index (κ3) is 5.44. The smallest absolute Gasteiger partial charge is 0.323 e. The van der Waals surface area contributed by atoms with Gasteiger partial charge in [0.1, 0.15) is 0 Å². The molecule has 3 aromatic rings. The quantitative estimate of drug-likeness (QED) is 0.643. The molecular formula is C20H23N5O. The Kier molecular flexibility index (Phi) is 5.98. The highest BCUT2D eigenvalue weighted by Gasteiger charge is 2.09. The molecule has 0 fully saturated rings. The van der Waals surface area contributed by atoms with E-state index in [0.717, 1.165) is 11.1 Å². The zero-order valence-electron chi connectivity index (χ0n) is 15.0. The topological polar surface area (TPSA) is 72.0 Å². The van der Waals surface area contributed by atoms with Crippen molar-refractivity contribution in [3.63, 3.8) is 0 Å². The Bertz CT molecular complexity index is 747. The third-order valence-corrected chi connectivity index (χ3v) is 3.54. The van der Waals surface area contributed by atoms with Crippen LogP contribution in [0.3, 0.4) is 0 Å². The highest BCUT2D eigenvalue weighted by atomic mass is 16.5. The zero-order chi connectivity index (χ0) is 18.2. The van der Waals surface area contributed by atoms with Crippen molar-refractivity contribution in [2.75, 3.05) is 10.6 Å². The van der Waals surface area contributed by atoms with Crippen LogP contribution in [0.25, 0.3) is 0 Å². The molecule has 134 valence electrons. The highest BCUT2D eigenvalue weighted by molar-refractivity contribution is 5.37. The maximum absolute atomic E-state index is 5.66. The molecule has 2 N–H and O–H groups in total. The van der Waals surface area contributed by atoms with Crippen molar-refractivity contribution in [3.05, 3.63) is 71.8 Å². The third-order valence-electron chi connectivity index (χ3n) is 3.54. The Labute approximate surface area is 153 Å². The van der Waals surface area contributed by atoms with Crippen molar-refractivity contribution >= 4 is 11.9 Å². The van der Waals surface area contributed by atoms with Crippen LogP contribution < -0.4 is 15.4 Å². The fourth-order valence-electron chi connectivity index (χ4n) is 2.33. The maximum Gasteiger partial charge on any atom is 0.323 e. The van der Waals surface area contributed by atoms with Crippen LogP contribution in [0.15, 0.2) is 60.7 Å². The molecule has 6 heteroatoms. The summed E-state index contributed by atoms with van der Waals surface area (Å²) in [4.78, 5) is 13.1. The number of hydrogen-bond donors (Lipinski definition) is 2. The minimum atomic E-state index is -0.0126. The summed E-state index contributed by atoms with van der Waals surface area (Å²) in [7, 11) is 0. The molecule has 0 aliphatic heterocycles. The summed E-state index contributed by atoms with van der Waals surface area (Å²) in [5.74, 6) is 0.963. The van der Waals surface area contributed by atoms with Crippen LogP contribution >= 0.6 is 0 Å². The van der Waals surface area contributed by atoms with E-state index in [1.165, 1.54) is 0 Å². The number of ether oxygens (including phenoxy) is 1. The molecule has 1 heterocycles. The lowest BCUT2D eigenvalue weighted by Gasteiger charge is -2.12. The van der Waals surface area contributed by atoms with Gasteiger partial charge in [-0.15, -0.1) is 0 Å². The van der Waals surface area contributed by atoms with Crippen LogP contribution in [-0.2, 0) is 13.1 Å². The predicted octanol–water partition coefficient (Wildman–Crippen LogP) is 3.88. The molecule has 0 aliphatic rings. The molecule has 3 rings (SSSR count). The fourth-order valence-corrected chi connectivity index (χ4v) is 2.33. The number of anilines is 2. The number of aromatic nitrogens is 3. The number of hydrogen-bond acceptors (Lipinski definition) is 6. The van der Waals surface area contributed by atoms with E-state index in [1.54, 1.807) is 0 Å². The van der Waals surface area contributed by atoms with Gasteiger partial charge in [-0.3, -0.25) is 0 Å². The standard InChI is InChI=1S/C20H23N5O/c1-15(2)26-20-24-18(21-13-16-9-5-3-6-10-16)23-19(25-20)22-14-17-11-7-4-8-12-17/h3-12,15H,13-14H2,1-2H3,(H2,21,22,23,24,25). The number of nitrogens with one attached hydrogen (secondary N) is 2.